The van der Waals surface area contributed by atoms with Crippen LogP contribution in [0, 0.1) is 0 Å². The van der Waals surface area contributed by atoms with Crippen LogP contribution in [-0.4, -0.2) is 16.3 Å². The molecule has 0 radical (unpaired) electrons. The summed E-state index contributed by atoms with van der Waals surface area (Å²) in [5.41, 5.74) is 6.76. The fraction of sp³-hybridized carbons (Fsp3) is 0. The molecule has 5 nitrogen and oxygen atoms in total. The van der Waals surface area contributed by atoms with Crippen molar-refractivity contribution in [2.24, 2.45) is 10.9 Å². The molecule has 0 bridgehead atoms. The molecule has 1 aromatic heterocycles. The molecular formula is C11H11N5S. The highest BCUT2D eigenvalue weighted by Crippen LogP contribution is 2.13. The number of fused-ring (bicyclic) bond motifs is 1. The Balaban J connectivity index is 2.27. The number of pyridine rings is 1. The van der Waals surface area contributed by atoms with E-state index in [0.29, 0.717) is 0 Å². The van der Waals surface area contributed by atoms with E-state index in [1.54, 1.807) is 12.4 Å². The summed E-state index contributed by atoms with van der Waals surface area (Å²) in [6, 6.07) is 9.73. The van der Waals surface area contributed by atoms with Crippen LogP contribution in [0.3, 0.4) is 0 Å². The van der Waals surface area contributed by atoms with Gasteiger partial charge in [0.25, 0.3) is 0 Å². The van der Waals surface area contributed by atoms with Crippen molar-refractivity contribution in [2.45, 2.75) is 0 Å². The third-order valence-electron chi connectivity index (χ3n) is 2.18. The van der Waals surface area contributed by atoms with E-state index in [2.05, 4.69) is 20.9 Å². The maximum Gasteiger partial charge on any atom is 0.201 e. The molecular weight excluding hydrogens is 234 g/mol. The van der Waals surface area contributed by atoms with Crippen LogP contribution in [0.25, 0.3) is 10.9 Å². The third-order valence-corrected chi connectivity index (χ3v) is 2.39. The lowest BCUT2D eigenvalue weighted by atomic mass is 10.1. The van der Waals surface area contributed by atoms with Gasteiger partial charge in [0.2, 0.25) is 5.11 Å². The van der Waals surface area contributed by atoms with Gasteiger partial charge in [0.05, 0.1) is 11.7 Å². The molecule has 2 rings (SSSR count). The van der Waals surface area contributed by atoms with Gasteiger partial charge in [-0.2, -0.15) is 5.10 Å². The van der Waals surface area contributed by atoms with E-state index in [1.807, 2.05) is 30.3 Å². The van der Waals surface area contributed by atoms with Crippen LogP contribution >= 0.6 is 12.2 Å². The summed E-state index contributed by atoms with van der Waals surface area (Å²) in [4.78, 5) is 4.26. The molecule has 1 heterocycles. The summed E-state index contributed by atoms with van der Waals surface area (Å²) >= 11 is 4.79. The Bertz CT molecular complexity index is 561. The van der Waals surface area contributed by atoms with Crippen molar-refractivity contribution < 1.29 is 0 Å². The first-order valence-electron chi connectivity index (χ1n) is 4.94. The first-order chi connectivity index (χ1) is 8.31. The summed E-state index contributed by atoms with van der Waals surface area (Å²) in [5, 5.41) is 5.27. The smallest absolute Gasteiger partial charge is 0.201 e. The molecule has 0 aliphatic heterocycles. The highest BCUT2D eigenvalue weighted by molar-refractivity contribution is 7.80. The minimum absolute atomic E-state index is 0.264. The van der Waals surface area contributed by atoms with Gasteiger partial charge >= 0.3 is 0 Å². The Labute approximate surface area is 104 Å². The monoisotopic (exact) mass is 245 g/mol. The van der Waals surface area contributed by atoms with Crippen molar-refractivity contribution in [1.29, 1.82) is 0 Å². The molecule has 6 heteroatoms. The van der Waals surface area contributed by atoms with Gasteiger partial charge in [-0.15, -0.1) is 0 Å². The van der Waals surface area contributed by atoms with Crippen LogP contribution < -0.4 is 16.7 Å². The first-order valence-corrected chi connectivity index (χ1v) is 5.35. The second-order valence-electron chi connectivity index (χ2n) is 3.26. The summed E-state index contributed by atoms with van der Waals surface area (Å²) in [6.45, 7) is 0. The molecule has 0 spiro atoms. The second-order valence-corrected chi connectivity index (χ2v) is 3.67. The fourth-order valence-corrected chi connectivity index (χ4v) is 1.48. The Kier molecular flexibility index (Phi) is 3.59. The van der Waals surface area contributed by atoms with Crippen molar-refractivity contribution in [3.8, 4) is 0 Å². The maximum absolute atomic E-state index is 5.10. The lowest BCUT2D eigenvalue weighted by molar-refractivity contribution is 0.930. The second kappa shape index (κ2) is 5.33. The number of aromatic nitrogens is 1. The zero-order valence-electron chi connectivity index (χ0n) is 8.92. The van der Waals surface area contributed by atoms with Gasteiger partial charge in [-0.25, -0.2) is 5.84 Å². The average Bonchev–Trinajstić information content (AvgIpc) is 2.39. The Morgan fingerprint density at radius 2 is 2.18 bits per heavy atom. The number of nitrogens with zero attached hydrogens (tertiary/aromatic N) is 2. The van der Waals surface area contributed by atoms with E-state index in [0.717, 1.165) is 16.5 Å². The molecule has 0 saturated carbocycles. The predicted molar refractivity (Wildman–Crippen MR) is 72.4 cm³/mol. The largest absolute Gasteiger partial charge is 0.300 e. The lowest BCUT2D eigenvalue weighted by Crippen LogP contribution is -2.37. The normalized spacial score (nSPS) is 10.6. The van der Waals surface area contributed by atoms with E-state index >= 15 is 0 Å². The zero-order valence-corrected chi connectivity index (χ0v) is 9.74. The predicted octanol–water partition coefficient (Wildman–Crippen LogP) is 0.906. The Morgan fingerprint density at radius 3 is 3.00 bits per heavy atom. The minimum Gasteiger partial charge on any atom is -0.300 e. The first kappa shape index (κ1) is 11.4. The van der Waals surface area contributed by atoms with E-state index in [-0.39, 0.29) is 5.11 Å². The number of nitrogens with one attached hydrogen (secondary N) is 2. The van der Waals surface area contributed by atoms with Crippen molar-refractivity contribution in [3.63, 3.8) is 0 Å². The van der Waals surface area contributed by atoms with Crippen molar-refractivity contribution >= 4 is 34.4 Å². The number of nitrogens with two attached hydrogens (primary N) is 1. The number of hydrazone groups is 1. The molecule has 0 aliphatic carbocycles. The molecule has 17 heavy (non-hydrogen) atoms. The molecule has 0 fully saturated rings. The standard InChI is InChI=1S/C11H11N5S/c12-15-11(17)16-14-7-8-5-6-13-10-4-2-1-3-9(8)10/h1-7H,12H2,(H2,15,16,17)/b14-7-. The third kappa shape index (κ3) is 2.74. The van der Waals surface area contributed by atoms with Crippen molar-refractivity contribution in [2.75, 3.05) is 0 Å². The molecule has 0 saturated heterocycles. The van der Waals surface area contributed by atoms with Crippen molar-refractivity contribution in [3.05, 3.63) is 42.1 Å². The average molecular weight is 245 g/mol. The number of hydrazine groups is 1. The Hall–Kier alpha value is -2.05. The van der Waals surface area contributed by atoms with Crippen molar-refractivity contribution in [1.82, 2.24) is 15.8 Å². The molecule has 86 valence electrons. The molecule has 4 N–H and O–H groups in total. The van der Waals surface area contributed by atoms with Gasteiger partial charge in [-0.3, -0.25) is 15.8 Å². The zero-order chi connectivity index (χ0) is 12.1. The van der Waals surface area contributed by atoms with Crippen LogP contribution in [0.2, 0.25) is 0 Å². The van der Waals surface area contributed by atoms with Gasteiger partial charge < -0.3 is 0 Å². The number of hydrogen-bond acceptors (Lipinski definition) is 4. The van der Waals surface area contributed by atoms with Crippen LogP contribution in [0.1, 0.15) is 5.56 Å². The highest BCUT2D eigenvalue weighted by Gasteiger charge is 1.97. The molecule has 1 aromatic carbocycles. The van der Waals surface area contributed by atoms with E-state index in [4.69, 9.17) is 18.1 Å². The van der Waals surface area contributed by atoms with E-state index < -0.39 is 0 Å². The molecule has 0 amide bonds. The topological polar surface area (TPSA) is 75.3 Å². The van der Waals surface area contributed by atoms with Crippen LogP contribution in [0.4, 0.5) is 0 Å². The fourth-order valence-electron chi connectivity index (χ4n) is 1.42. The van der Waals surface area contributed by atoms with Crippen LogP contribution in [0.15, 0.2) is 41.6 Å². The Morgan fingerprint density at radius 1 is 1.35 bits per heavy atom. The van der Waals surface area contributed by atoms with Crippen LogP contribution in [0.5, 0.6) is 0 Å². The SMILES string of the molecule is NNC(=S)N/N=C\c1ccnc2ccccc12. The molecule has 2 aromatic rings. The number of thiocarbonyl (C=S) groups is 1. The number of hydrogen-bond donors (Lipinski definition) is 3. The van der Waals surface area contributed by atoms with Gasteiger partial charge in [-0.05, 0) is 24.4 Å². The summed E-state index contributed by atoms with van der Waals surface area (Å²) < 4.78 is 0. The molecule has 0 atom stereocenters. The van der Waals surface area contributed by atoms with Gasteiger partial charge in [0.1, 0.15) is 0 Å². The van der Waals surface area contributed by atoms with Gasteiger partial charge in [0.15, 0.2) is 0 Å². The molecule has 0 unspecified atom stereocenters. The van der Waals surface area contributed by atoms with E-state index in [9.17, 15) is 0 Å². The summed E-state index contributed by atoms with van der Waals surface area (Å²) in [5.74, 6) is 5.10. The van der Waals surface area contributed by atoms with Gasteiger partial charge in [-0.1, -0.05) is 18.2 Å². The summed E-state index contributed by atoms with van der Waals surface area (Å²) in [7, 11) is 0. The molecule has 0 aliphatic rings. The van der Waals surface area contributed by atoms with Gasteiger partial charge in [0, 0.05) is 17.1 Å². The van der Waals surface area contributed by atoms with E-state index in [1.165, 1.54) is 0 Å². The lowest BCUT2D eigenvalue weighted by Gasteiger charge is -2.01. The number of rotatable bonds is 2. The number of para-hydroxylation sites is 1. The minimum atomic E-state index is 0.264. The summed E-state index contributed by atoms with van der Waals surface area (Å²) in [6.07, 6.45) is 3.41. The quantitative estimate of drug-likeness (QED) is 0.317. The van der Waals surface area contributed by atoms with Crippen LogP contribution in [-0.2, 0) is 0 Å². The highest BCUT2D eigenvalue weighted by atomic mass is 32.1. The number of benzene rings is 1. The maximum atomic E-state index is 5.10.